The normalized spacial score (nSPS) is 21.5. The summed E-state index contributed by atoms with van der Waals surface area (Å²) in [6, 6.07) is 10.5. The van der Waals surface area contributed by atoms with E-state index in [1.807, 2.05) is 7.05 Å². The van der Waals surface area contributed by atoms with Crippen molar-refractivity contribution in [2.75, 3.05) is 33.2 Å². The standard InChI is InChI=1S/C16H24N2/c1-17-13-16-10-6-12-18(14-16)11-5-9-15-7-3-2-4-8-15/h2-5,7-9,16-17H,6,10-14H2,1H3/b9-5+. The van der Waals surface area contributed by atoms with Gasteiger partial charge < -0.3 is 5.32 Å². The lowest BCUT2D eigenvalue weighted by molar-refractivity contribution is 0.190. The van der Waals surface area contributed by atoms with Gasteiger partial charge in [0.2, 0.25) is 0 Å². The molecule has 1 saturated heterocycles. The van der Waals surface area contributed by atoms with Crippen LogP contribution in [0.3, 0.4) is 0 Å². The van der Waals surface area contributed by atoms with Crippen LogP contribution < -0.4 is 5.32 Å². The largest absolute Gasteiger partial charge is 0.319 e. The summed E-state index contributed by atoms with van der Waals surface area (Å²) in [5, 5.41) is 3.30. The van der Waals surface area contributed by atoms with E-state index < -0.39 is 0 Å². The van der Waals surface area contributed by atoms with Crippen molar-refractivity contribution in [3.8, 4) is 0 Å². The summed E-state index contributed by atoms with van der Waals surface area (Å²) in [7, 11) is 2.05. The second-order valence-electron chi connectivity index (χ2n) is 5.14. The Labute approximate surface area is 111 Å². The van der Waals surface area contributed by atoms with E-state index in [9.17, 15) is 0 Å². The number of hydrogen-bond donors (Lipinski definition) is 1. The molecule has 0 spiro atoms. The molecule has 2 nitrogen and oxygen atoms in total. The fourth-order valence-corrected chi connectivity index (χ4v) is 2.67. The van der Waals surface area contributed by atoms with E-state index in [2.05, 4.69) is 52.7 Å². The van der Waals surface area contributed by atoms with Gasteiger partial charge in [0.15, 0.2) is 0 Å². The minimum Gasteiger partial charge on any atom is -0.319 e. The molecule has 0 radical (unpaired) electrons. The van der Waals surface area contributed by atoms with E-state index in [1.54, 1.807) is 0 Å². The molecule has 2 heteroatoms. The third-order valence-electron chi connectivity index (χ3n) is 3.57. The molecule has 1 heterocycles. The van der Waals surface area contributed by atoms with Gasteiger partial charge in [-0.2, -0.15) is 0 Å². The zero-order valence-corrected chi connectivity index (χ0v) is 11.3. The zero-order valence-electron chi connectivity index (χ0n) is 11.3. The number of rotatable bonds is 5. The van der Waals surface area contributed by atoms with Crippen LogP contribution >= 0.6 is 0 Å². The third-order valence-corrected chi connectivity index (χ3v) is 3.57. The molecular formula is C16H24N2. The Morgan fingerprint density at radius 1 is 1.33 bits per heavy atom. The van der Waals surface area contributed by atoms with Crippen molar-refractivity contribution in [3.05, 3.63) is 42.0 Å². The van der Waals surface area contributed by atoms with Crippen molar-refractivity contribution in [3.63, 3.8) is 0 Å². The highest BCUT2D eigenvalue weighted by atomic mass is 15.1. The van der Waals surface area contributed by atoms with Crippen LogP contribution in [-0.4, -0.2) is 38.1 Å². The van der Waals surface area contributed by atoms with Crippen LogP contribution in [0.5, 0.6) is 0 Å². The molecule has 1 N–H and O–H groups in total. The average molecular weight is 244 g/mol. The predicted octanol–water partition coefficient (Wildman–Crippen LogP) is 2.63. The first kappa shape index (κ1) is 13.3. The van der Waals surface area contributed by atoms with Gasteiger partial charge in [-0.05, 0) is 44.5 Å². The summed E-state index contributed by atoms with van der Waals surface area (Å²) in [4.78, 5) is 2.56. The minimum absolute atomic E-state index is 0.828. The first-order chi connectivity index (χ1) is 8.88. The summed E-state index contributed by atoms with van der Waals surface area (Å²) in [5.41, 5.74) is 1.29. The number of hydrogen-bond acceptors (Lipinski definition) is 2. The SMILES string of the molecule is CNCC1CCCN(C/C=C/c2ccccc2)C1. The van der Waals surface area contributed by atoms with Gasteiger partial charge in [-0.1, -0.05) is 42.5 Å². The Balaban J connectivity index is 1.77. The molecule has 0 bridgehead atoms. The second kappa shape index (κ2) is 7.34. The minimum atomic E-state index is 0.828. The van der Waals surface area contributed by atoms with Crippen molar-refractivity contribution < 1.29 is 0 Å². The highest BCUT2D eigenvalue weighted by Gasteiger charge is 2.17. The van der Waals surface area contributed by atoms with Crippen molar-refractivity contribution >= 4 is 6.08 Å². The summed E-state index contributed by atoms with van der Waals surface area (Å²) in [6.07, 6.45) is 7.23. The van der Waals surface area contributed by atoms with Crippen LogP contribution in [0, 0.1) is 5.92 Å². The number of likely N-dealkylation sites (tertiary alicyclic amines) is 1. The Hall–Kier alpha value is -1.12. The maximum Gasteiger partial charge on any atom is 0.0166 e. The summed E-state index contributed by atoms with van der Waals surface area (Å²) in [6.45, 7) is 4.72. The smallest absolute Gasteiger partial charge is 0.0166 e. The van der Waals surface area contributed by atoms with Gasteiger partial charge in [-0.25, -0.2) is 0 Å². The molecule has 0 aliphatic carbocycles. The van der Waals surface area contributed by atoms with Gasteiger partial charge in [-0.15, -0.1) is 0 Å². The Morgan fingerprint density at radius 2 is 2.17 bits per heavy atom. The molecule has 1 atom stereocenters. The molecule has 1 unspecified atom stereocenters. The Bertz CT molecular complexity index is 357. The first-order valence-electron chi connectivity index (χ1n) is 6.97. The number of piperidine rings is 1. The van der Waals surface area contributed by atoms with E-state index in [1.165, 1.54) is 31.5 Å². The fraction of sp³-hybridized carbons (Fsp3) is 0.500. The molecule has 1 aliphatic rings. The molecule has 1 aromatic rings. The average Bonchev–Trinajstić information content (AvgIpc) is 2.41. The van der Waals surface area contributed by atoms with Crippen molar-refractivity contribution in [2.45, 2.75) is 12.8 Å². The van der Waals surface area contributed by atoms with E-state index in [0.29, 0.717) is 0 Å². The van der Waals surface area contributed by atoms with Crippen LogP contribution in [0.1, 0.15) is 18.4 Å². The molecule has 2 rings (SSSR count). The lowest BCUT2D eigenvalue weighted by Crippen LogP contribution is -2.38. The Morgan fingerprint density at radius 3 is 2.94 bits per heavy atom. The van der Waals surface area contributed by atoms with Gasteiger partial charge >= 0.3 is 0 Å². The van der Waals surface area contributed by atoms with Crippen molar-refractivity contribution in [1.29, 1.82) is 0 Å². The Kier molecular flexibility index (Phi) is 5.43. The highest BCUT2D eigenvalue weighted by Crippen LogP contribution is 2.15. The lowest BCUT2D eigenvalue weighted by atomic mass is 9.98. The first-order valence-corrected chi connectivity index (χ1v) is 6.97. The molecule has 0 aromatic heterocycles. The van der Waals surface area contributed by atoms with Gasteiger partial charge in [0.25, 0.3) is 0 Å². The summed E-state index contributed by atoms with van der Waals surface area (Å²) >= 11 is 0. The quantitative estimate of drug-likeness (QED) is 0.856. The van der Waals surface area contributed by atoms with Crippen LogP contribution in [0.25, 0.3) is 6.08 Å². The maximum atomic E-state index is 3.30. The molecule has 1 aromatic carbocycles. The van der Waals surface area contributed by atoms with Crippen LogP contribution in [0.4, 0.5) is 0 Å². The molecule has 1 fully saturated rings. The van der Waals surface area contributed by atoms with Gasteiger partial charge in [0.1, 0.15) is 0 Å². The van der Waals surface area contributed by atoms with Gasteiger partial charge in [0.05, 0.1) is 0 Å². The highest BCUT2D eigenvalue weighted by molar-refractivity contribution is 5.48. The van der Waals surface area contributed by atoms with Crippen LogP contribution in [0.15, 0.2) is 36.4 Å². The van der Waals surface area contributed by atoms with E-state index in [-0.39, 0.29) is 0 Å². The summed E-state index contributed by atoms with van der Waals surface area (Å²) < 4.78 is 0. The van der Waals surface area contributed by atoms with E-state index in [0.717, 1.165) is 19.0 Å². The van der Waals surface area contributed by atoms with Gasteiger partial charge in [-0.3, -0.25) is 4.90 Å². The van der Waals surface area contributed by atoms with Gasteiger partial charge in [0, 0.05) is 13.1 Å². The fourth-order valence-electron chi connectivity index (χ4n) is 2.67. The number of nitrogens with zero attached hydrogens (tertiary/aromatic N) is 1. The topological polar surface area (TPSA) is 15.3 Å². The summed E-state index contributed by atoms with van der Waals surface area (Å²) in [5.74, 6) is 0.828. The molecule has 1 aliphatic heterocycles. The van der Waals surface area contributed by atoms with Crippen LogP contribution in [-0.2, 0) is 0 Å². The maximum absolute atomic E-state index is 3.30. The third kappa shape index (κ3) is 4.28. The predicted molar refractivity (Wildman–Crippen MR) is 78.6 cm³/mol. The lowest BCUT2D eigenvalue weighted by Gasteiger charge is -2.31. The molecule has 0 saturated carbocycles. The number of benzene rings is 1. The van der Waals surface area contributed by atoms with E-state index in [4.69, 9.17) is 0 Å². The van der Waals surface area contributed by atoms with E-state index >= 15 is 0 Å². The molecule has 0 amide bonds. The second-order valence-corrected chi connectivity index (χ2v) is 5.14. The molecular weight excluding hydrogens is 220 g/mol. The molecule has 18 heavy (non-hydrogen) atoms. The molecule has 98 valence electrons. The van der Waals surface area contributed by atoms with Crippen molar-refractivity contribution in [2.24, 2.45) is 5.92 Å². The van der Waals surface area contributed by atoms with Crippen molar-refractivity contribution in [1.82, 2.24) is 10.2 Å². The number of nitrogens with one attached hydrogen (secondary N) is 1. The monoisotopic (exact) mass is 244 g/mol. The van der Waals surface area contributed by atoms with Crippen LogP contribution in [0.2, 0.25) is 0 Å². The zero-order chi connectivity index (χ0) is 12.6.